The molecule has 1 amide bonds. The molecule has 0 bridgehead atoms. The third-order valence-corrected chi connectivity index (χ3v) is 3.61. The van der Waals surface area contributed by atoms with Crippen molar-refractivity contribution in [2.75, 3.05) is 25.1 Å². The molecule has 2 aromatic rings. The summed E-state index contributed by atoms with van der Waals surface area (Å²) in [6.45, 7) is 1.55. The Kier molecular flexibility index (Phi) is 3.86. The molecule has 0 aliphatic carbocycles. The van der Waals surface area contributed by atoms with Gasteiger partial charge in [0.25, 0.3) is 5.91 Å². The first-order valence-corrected chi connectivity index (χ1v) is 7.00. The van der Waals surface area contributed by atoms with Crippen molar-refractivity contribution in [2.24, 2.45) is 5.73 Å². The smallest absolute Gasteiger partial charge is 0.288 e. The number of piperidine rings is 1. The van der Waals surface area contributed by atoms with E-state index in [1.807, 2.05) is 0 Å². The van der Waals surface area contributed by atoms with Crippen LogP contribution in [0.5, 0.6) is 5.88 Å². The molecular formula is C13H17N7O2. The van der Waals surface area contributed by atoms with Crippen molar-refractivity contribution in [1.29, 1.82) is 0 Å². The lowest BCUT2D eigenvalue weighted by Crippen LogP contribution is -2.38. The number of ether oxygens (including phenoxy) is 1. The topological polar surface area (TPSA) is 112 Å². The number of amides is 1. The van der Waals surface area contributed by atoms with Gasteiger partial charge in [0.1, 0.15) is 6.33 Å². The predicted octanol–water partition coefficient (Wildman–Crippen LogP) is 0.0171. The molecule has 9 nitrogen and oxygen atoms in total. The predicted molar refractivity (Wildman–Crippen MR) is 77.6 cm³/mol. The minimum atomic E-state index is -0.623. The summed E-state index contributed by atoms with van der Waals surface area (Å²) in [6, 6.07) is 1.81. The number of hydrogen-bond acceptors (Lipinski definition) is 7. The Hall–Kier alpha value is -2.71. The minimum Gasteiger partial charge on any atom is -0.481 e. The molecule has 3 rings (SSSR count). The Morgan fingerprint density at radius 3 is 3.05 bits per heavy atom. The van der Waals surface area contributed by atoms with Gasteiger partial charge in [-0.25, -0.2) is 14.6 Å². The van der Waals surface area contributed by atoms with Gasteiger partial charge in [-0.3, -0.25) is 4.79 Å². The first-order valence-electron chi connectivity index (χ1n) is 7.00. The number of rotatable bonds is 4. The number of carbonyl (C=O) groups is 1. The lowest BCUT2D eigenvalue weighted by Gasteiger charge is -2.32. The number of carbonyl (C=O) groups excluding carboxylic acids is 1. The SMILES string of the molecule is COc1ccnc(N2CCC[C@@H](n3cnc(C(N)=O)n3)C2)n1. The lowest BCUT2D eigenvalue weighted by atomic mass is 10.1. The van der Waals surface area contributed by atoms with E-state index in [0.717, 1.165) is 19.4 Å². The van der Waals surface area contributed by atoms with Gasteiger partial charge in [-0.15, -0.1) is 5.10 Å². The van der Waals surface area contributed by atoms with Gasteiger partial charge in [-0.2, -0.15) is 4.98 Å². The summed E-state index contributed by atoms with van der Waals surface area (Å²) in [5, 5.41) is 4.13. The maximum absolute atomic E-state index is 11.1. The standard InChI is InChI=1S/C13H17N7O2/c1-22-10-4-5-15-13(17-10)19-6-2-3-9(7-19)20-8-16-12(18-20)11(14)21/h4-5,8-9H,2-3,6-7H2,1H3,(H2,14,21)/t9-/m1/s1. The third-order valence-electron chi connectivity index (χ3n) is 3.61. The third kappa shape index (κ3) is 2.83. The van der Waals surface area contributed by atoms with Crippen molar-refractivity contribution in [3.63, 3.8) is 0 Å². The fourth-order valence-corrected chi connectivity index (χ4v) is 2.51. The van der Waals surface area contributed by atoms with Crippen LogP contribution in [0.1, 0.15) is 29.5 Å². The fraction of sp³-hybridized carbons (Fsp3) is 0.462. The van der Waals surface area contributed by atoms with Crippen molar-refractivity contribution in [2.45, 2.75) is 18.9 Å². The normalized spacial score (nSPS) is 18.2. The Morgan fingerprint density at radius 1 is 1.45 bits per heavy atom. The minimum absolute atomic E-state index is 0.0368. The molecule has 2 aromatic heterocycles. The van der Waals surface area contributed by atoms with E-state index in [1.54, 1.807) is 30.4 Å². The van der Waals surface area contributed by atoms with E-state index >= 15 is 0 Å². The van der Waals surface area contributed by atoms with Gasteiger partial charge in [0.05, 0.1) is 13.2 Å². The molecule has 1 atom stereocenters. The van der Waals surface area contributed by atoms with Gasteiger partial charge in [0.15, 0.2) is 0 Å². The summed E-state index contributed by atoms with van der Waals surface area (Å²) in [6.07, 6.45) is 5.13. The molecular weight excluding hydrogens is 286 g/mol. The van der Waals surface area contributed by atoms with Gasteiger partial charge in [0, 0.05) is 25.4 Å². The molecule has 0 saturated carbocycles. The molecule has 1 aliphatic heterocycles. The average molecular weight is 303 g/mol. The second-order valence-electron chi connectivity index (χ2n) is 5.05. The quantitative estimate of drug-likeness (QED) is 0.847. The Morgan fingerprint density at radius 2 is 2.32 bits per heavy atom. The average Bonchev–Trinajstić information content (AvgIpc) is 3.05. The van der Waals surface area contributed by atoms with Gasteiger partial charge in [0.2, 0.25) is 17.7 Å². The molecule has 116 valence electrons. The highest BCUT2D eigenvalue weighted by molar-refractivity contribution is 5.88. The van der Waals surface area contributed by atoms with Crippen molar-refractivity contribution in [3.8, 4) is 5.88 Å². The van der Waals surface area contributed by atoms with Crippen LogP contribution in [0.2, 0.25) is 0 Å². The van der Waals surface area contributed by atoms with Gasteiger partial charge in [-0.05, 0) is 12.8 Å². The highest BCUT2D eigenvalue weighted by atomic mass is 16.5. The first kappa shape index (κ1) is 14.2. The molecule has 0 spiro atoms. The zero-order valence-corrected chi connectivity index (χ0v) is 12.2. The van der Waals surface area contributed by atoms with E-state index in [0.29, 0.717) is 18.4 Å². The molecule has 3 heterocycles. The van der Waals surface area contributed by atoms with Crippen LogP contribution < -0.4 is 15.4 Å². The first-order chi connectivity index (χ1) is 10.7. The molecule has 1 saturated heterocycles. The van der Waals surface area contributed by atoms with Crippen LogP contribution in [0.25, 0.3) is 0 Å². The van der Waals surface area contributed by atoms with E-state index in [9.17, 15) is 4.79 Å². The zero-order valence-electron chi connectivity index (χ0n) is 12.2. The summed E-state index contributed by atoms with van der Waals surface area (Å²) < 4.78 is 6.82. The second-order valence-corrected chi connectivity index (χ2v) is 5.05. The number of hydrogen-bond donors (Lipinski definition) is 1. The van der Waals surface area contributed by atoms with Crippen LogP contribution in [-0.2, 0) is 0 Å². The van der Waals surface area contributed by atoms with Crippen molar-refractivity contribution < 1.29 is 9.53 Å². The summed E-state index contributed by atoms with van der Waals surface area (Å²) in [4.78, 5) is 25.7. The second kappa shape index (κ2) is 5.96. The highest BCUT2D eigenvalue weighted by Gasteiger charge is 2.24. The monoisotopic (exact) mass is 303 g/mol. The summed E-state index contributed by atoms with van der Waals surface area (Å²) in [7, 11) is 1.58. The Labute approximate surface area is 127 Å². The van der Waals surface area contributed by atoms with E-state index < -0.39 is 5.91 Å². The van der Waals surface area contributed by atoms with Gasteiger partial charge >= 0.3 is 0 Å². The Balaban J connectivity index is 1.77. The Bertz CT molecular complexity index is 672. The molecule has 2 N–H and O–H groups in total. The van der Waals surface area contributed by atoms with Crippen LogP contribution in [0.15, 0.2) is 18.6 Å². The van der Waals surface area contributed by atoms with Crippen molar-refractivity contribution in [3.05, 3.63) is 24.4 Å². The number of anilines is 1. The number of nitrogens with two attached hydrogens (primary N) is 1. The van der Waals surface area contributed by atoms with Crippen LogP contribution in [0.3, 0.4) is 0 Å². The zero-order chi connectivity index (χ0) is 15.5. The highest BCUT2D eigenvalue weighted by Crippen LogP contribution is 2.24. The summed E-state index contributed by atoms with van der Waals surface area (Å²) in [5.74, 6) is 0.570. The van der Waals surface area contributed by atoms with E-state index in [2.05, 4.69) is 25.0 Å². The van der Waals surface area contributed by atoms with Crippen LogP contribution in [-0.4, -0.2) is 50.8 Å². The number of nitrogens with zero attached hydrogens (tertiary/aromatic N) is 6. The van der Waals surface area contributed by atoms with Crippen LogP contribution in [0.4, 0.5) is 5.95 Å². The maximum Gasteiger partial charge on any atom is 0.288 e. The molecule has 0 radical (unpaired) electrons. The molecule has 1 aliphatic rings. The largest absolute Gasteiger partial charge is 0.481 e. The lowest BCUT2D eigenvalue weighted by molar-refractivity contribution is 0.0990. The fourth-order valence-electron chi connectivity index (χ4n) is 2.51. The van der Waals surface area contributed by atoms with Crippen LogP contribution in [0, 0.1) is 0 Å². The van der Waals surface area contributed by atoms with E-state index in [4.69, 9.17) is 10.5 Å². The van der Waals surface area contributed by atoms with Crippen molar-refractivity contribution in [1.82, 2.24) is 24.7 Å². The molecule has 9 heteroatoms. The number of aromatic nitrogens is 5. The van der Waals surface area contributed by atoms with E-state index in [1.165, 1.54) is 0 Å². The summed E-state index contributed by atoms with van der Waals surface area (Å²) in [5.41, 5.74) is 5.19. The number of methoxy groups -OCH3 is 1. The van der Waals surface area contributed by atoms with Gasteiger partial charge in [-0.1, -0.05) is 0 Å². The number of primary amides is 1. The molecule has 1 fully saturated rings. The summed E-state index contributed by atoms with van der Waals surface area (Å²) >= 11 is 0. The maximum atomic E-state index is 11.1. The molecule has 0 unspecified atom stereocenters. The van der Waals surface area contributed by atoms with Gasteiger partial charge < -0.3 is 15.4 Å². The van der Waals surface area contributed by atoms with Crippen molar-refractivity contribution >= 4 is 11.9 Å². The van der Waals surface area contributed by atoms with Crippen LogP contribution >= 0.6 is 0 Å². The van der Waals surface area contributed by atoms with E-state index in [-0.39, 0.29) is 11.9 Å². The molecule has 0 aromatic carbocycles. The molecule has 22 heavy (non-hydrogen) atoms.